The van der Waals surface area contributed by atoms with Crippen molar-refractivity contribution in [2.75, 3.05) is 0 Å². The number of hydrogen-bond donors (Lipinski definition) is 1. The normalized spacial score (nSPS) is 20.6. The minimum Gasteiger partial charge on any atom is -0.481 e. The molecule has 0 radical (unpaired) electrons. The Labute approximate surface area is 117 Å². The molecule has 1 aliphatic heterocycles. The number of rotatable bonds is 5. The number of hydrogen-bond acceptors (Lipinski definition) is 2. The molecule has 2 unspecified atom stereocenters. The number of benzene rings is 2. The van der Waals surface area contributed by atoms with Crippen molar-refractivity contribution in [3.05, 3.63) is 71.3 Å². The van der Waals surface area contributed by atoms with Crippen LogP contribution in [0.5, 0.6) is 0 Å². The highest BCUT2D eigenvalue weighted by molar-refractivity contribution is 5.67. The zero-order valence-electron chi connectivity index (χ0n) is 11.0. The van der Waals surface area contributed by atoms with Crippen LogP contribution in [0.15, 0.2) is 54.6 Å². The third-order valence-electron chi connectivity index (χ3n) is 3.56. The highest BCUT2D eigenvalue weighted by Gasteiger charge is 2.41. The SMILES string of the molecule is O=C(O)CCc1ccc(C2OC2c2ccccc2)cc1. The summed E-state index contributed by atoms with van der Waals surface area (Å²) < 4.78 is 5.73. The summed E-state index contributed by atoms with van der Waals surface area (Å²) in [7, 11) is 0. The van der Waals surface area contributed by atoms with Crippen LogP contribution in [0.4, 0.5) is 0 Å². The summed E-state index contributed by atoms with van der Waals surface area (Å²) in [4.78, 5) is 10.5. The molecule has 20 heavy (non-hydrogen) atoms. The van der Waals surface area contributed by atoms with Crippen LogP contribution in [0.1, 0.15) is 35.3 Å². The van der Waals surface area contributed by atoms with E-state index in [0.29, 0.717) is 6.42 Å². The number of carboxylic acids is 1. The Bertz CT molecular complexity index is 589. The average Bonchev–Trinajstić information content (AvgIpc) is 3.27. The van der Waals surface area contributed by atoms with Crippen molar-refractivity contribution >= 4 is 5.97 Å². The van der Waals surface area contributed by atoms with Gasteiger partial charge in [0, 0.05) is 6.42 Å². The molecule has 0 bridgehead atoms. The monoisotopic (exact) mass is 268 g/mol. The largest absolute Gasteiger partial charge is 0.481 e. The number of carboxylic acid groups (broad SMARTS) is 1. The van der Waals surface area contributed by atoms with E-state index in [-0.39, 0.29) is 18.6 Å². The van der Waals surface area contributed by atoms with Crippen LogP contribution < -0.4 is 0 Å². The molecule has 3 rings (SSSR count). The molecule has 0 aliphatic carbocycles. The maximum absolute atomic E-state index is 10.5. The van der Waals surface area contributed by atoms with Gasteiger partial charge in [-0.15, -0.1) is 0 Å². The van der Waals surface area contributed by atoms with Crippen molar-refractivity contribution in [2.24, 2.45) is 0 Å². The highest BCUT2D eigenvalue weighted by atomic mass is 16.6. The molecule has 2 aromatic rings. The third-order valence-corrected chi connectivity index (χ3v) is 3.56. The van der Waals surface area contributed by atoms with Gasteiger partial charge in [0.2, 0.25) is 0 Å². The van der Waals surface area contributed by atoms with E-state index in [4.69, 9.17) is 9.84 Å². The molecule has 1 fully saturated rings. The van der Waals surface area contributed by atoms with Crippen molar-refractivity contribution in [3.8, 4) is 0 Å². The second kappa shape index (κ2) is 5.47. The smallest absolute Gasteiger partial charge is 0.303 e. The van der Waals surface area contributed by atoms with E-state index in [1.807, 2.05) is 42.5 Å². The summed E-state index contributed by atoms with van der Waals surface area (Å²) in [5.41, 5.74) is 3.40. The zero-order valence-corrected chi connectivity index (χ0v) is 11.0. The van der Waals surface area contributed by atoms with Crippen molar-refractivity contribution in [1.29, 1.82) is 0 Å². The zero-order chi connectivity index (χ0) is 13.9. The third kappa shape index (κ3) is 2.89. The highest BCUT2D eigenvalue weighted by Crippen LogP contribution is 2.50. The van der Waals surface area contributed by atoms with Crippen LogP contribution in [-0.2, 0) is 16.0 Å². The van der Waals surface area contributed by atoms with Crippen LogP contribution in [-0.4, -0.2) is 11.1 Å². The van der Waals surface area contributed by atoms with E-state index in [1.54, 1.807) is 0 Å². The van der Waals surface area contributed by atoms with Crippen LogP contribution in [0, 0.1) is 0 Å². The van der Waals surface area contributed by atoms with E-state index in [1.165, 1.54) is 5.56 Å². The van der Waals surface area contributed by atoms with Gasteiger partial charge in [0.25, 0.3) is 0 Å². The summed E-state index contributed by atoms with van der Waals surface area (Å²) >= 11 is 0. The number of aliphatic carboxylic acids is 1. The first kappa shape index (κ1) is 12.9. The van der Waals surface area contributed by atoms with E-state index in [2.05, 4.69) is 12.1 Å². The average molecular weight is 268 g/mol. The van der Waals surface area contributed by atoms with E-state index in [0.717, 1.165) is 11.1 Å². The molecule has 0 saturated carbocycles. The predicted octanol–water partition coefficient (Wildman–Crippen LogP) is 3.52. The van der Waals surface area contributed by atoms with Crippen LogP contribution in [0.3, 0.4) is 0 Å². The molecule has 1 aliphatic rings. The molecule has 0 aromatic heterocycles. The number of carbonyl (C=O) groups is 1. The lowest BCUT2D eigenvalue weighted by molar-refractivity contribution is -0.136. The van der Waals surface area contributed by atoms with Gasteiger partial charge in [-0.3, -0.25) is 4.79 Å². The minimum atomic E-state index is -0.760. The second-order valence-corrected chi connectivity index (χ2v) is 5.02. The Hall–Kier alpha value is -2.13. The fourth-order valence-corrected chi connectivity index (χ4v) is 2.39. The van der Waals surface area contributed by atoms with Crippen LogP contribution in [0.2, 0.25) is 0 Å². The van der Waals surface area contributed by atoms with Gasteiger partial charge < -0.3 is 9.84 Å². The van der Waals surface area contributed by atoms with Crippen LogP contribution >= 0.6 is 0 Å². The molecule has 1 heterocycles. The maximum Gasteiger partial charge on any atom is 0.303 e. The molecule has 0 amide bonds. The minimum absolute atomic E-state index is 0.130. The molecule has 102 valence electrons. The summed E-state index contributed by atoms with van der Waals surface area (Å²) in [5, 5.41) is 8.67. The molecular weight excluding hydrogens is 252 g/mol. The van der Waals surface area contributed by atoms with E-state index < -0.39 is 5.97 Å². The number of aryl methyl sites for hydroxylation is 1. The Kier molecular flexibility index (Phi) is 3.52. The molecule has 3 nitrogen and oxygen atoms in total. The first-order chi connectivity index (χ1) is 9.74. The summed E-state index contributed by atoms with van der Waals surface area (Å²) in [6.07, 6.45) is 1.03. The molecule has 1 N–H and O–H groups in total. The maximum atomic E-state index is 10.5. The summed E-state index contributed by atoms with van der Waals surface area (Å²) in [5.74, 6) is -0.760. The Balaban J connectivity index is 1.64. The van der Waals surface area contributed by atoms with Gasteiger partial charge in [0.05, 0.1) is 0 Å². The lowest BCUT2D eigenvalue weighted by Crippen LogP contribution is -1.97. The van der Waals surface area contributed by atoms with Crippen molar-refractivity contribution in [1.82, 2.24) is 0 Å². The van der Waals surface area contributed by atoms with Gasteiger partial charge in [-0.2, -0.15) is 0 Å². The quantitative estimate of drug-likeness (QED) is 0.844. The second-order valence-electron chi connectivity index (χ2n) is 5.02. The first-order valence-corrected chi connectivity index (χ1v) is 6.75. The number of epoxide rings is 1. The Morgan fingerprint density at radius 3 is 2.15 bits per heavy atom. The lowest BCUT2D eigenvalue weighted by Gasteiger charge is -2.01. The van der Waals surface area contributed by atoms with Crippen molar-refractivity contribution in [2.45, 2.75) is 25.0 Å². The van der Waals surface area contributed by atoms with Gasteiger partial charge in [0.15, 0.2) is 0 Å². The first-order valence-electron chi connectivity index (χ1n) is 6.75. The predicted molar refractivity (Wildman–Crippen MR) is 75.4 cm³/mol. The van der Waals surface area contributed by atoms with Gasteiger partial charge in [-0.25, -0.2) is 0 Å². The van der Waals surface area contributed by atoms with Gasteiger partial charge in [0.1, 0.15) is 12.2 Å². The lowest BCUT2D eigenvalue weighted by atomic mass is 10.0. The van der Waals surface area contributed by atoms with Gasteiger partial charge in [-0.1, -0.05) is 54.6 Å². The Morgan fingerprint density at radius 2 is 1.55 bits per heavy atom. The van der Waals surface area contributed by atoms with Crippen molar-refractivity contribution < 1.29 is 14.6 Å². The molecule has 1 saturated heterocycles. The topological polar surface area (TPSA) is 49.8 Å². The van der Waals surface area contributed by atoms with E-state index >= 15 is 0 Å². The number of ether oxygens (including phenoxy) is 1. The molecule has 2 atom stereocenters. The molecular formula is C17H16O3. The fraction of sp³-hybridized carbons (Fsp3) is 0.235. The van der Waals surface area contributed by atoms with Crippen molar-refractivity contribution in [3.63, 3.8) is 0 Å². The summed E-state index contributed by atoms with van der Waals surface area (Å²) in [6.45, 7) is 0. The molecule has 2 aromatic carbocycles. The van der Waals surface area contributed by atoms with Crippen LogP contribution in [0.25, 0.3) is 0 Å². The fourth-order valence-electron chi connectivity index (χ4n) is 2.39. The Morgan fingerprint density at radius 1 is 0.950 bits per heavy atom. The van der Waals surface area contributed by atoms with E-state index in [9.17, 15) is 4.79 Å². The van der Waals surface area contributed by atoms with Gasteiger partial charge >= 0.3 is 5.97 Å². The summed E-state index contributed by atoms with van der Waals surface area (Å²) in [6, 6.07) is 18.2. The molecule has 3 heteroatoms. The standard InChI is InChI=1S/C17H16O3/c18-15(19)11-8-12-6-9-14(10-7-12)17-16(20-17)13-4-2-1-3-5-13/h1-7,9-10,16-17H,8,11H2,(H,18,19). The van der Waals surface area contributed by atoms with Gasteiger partial charge in [-0.05, 0) is 23.1 Å². The molecule has 0 spiro atoms.